The fraction of sp³-hybridized carbons (Fsp3) is 0.364. The summed E-state index contributed by atoms with van der Waals surface area (Å²) in [5.74, 6) is -0.821. The second-order valence-corrected chi connectivity index (χ2v) is 4.39. The topological polar surface area (TPSA) is 64.3 Å². The third kappa shape index (κ3) is 5.30. The number of rotatable bonds is 5. The van der Waals surface area contributed by atoms with E-state index in [0.717, 1.165) is 0 Å². The molecular formula is C11H15BrClFN2O2. The summed E-state index contributed by atoms with van der Waals surface area (Å²) in [6.45, 7) is 0.243. The highest BCUT2D eigenvalue weighted by Crippen LogP contribution is 2.19. The van der Waals surface area contributed by atoms with E-state index >= 15 is 0 Å². The summed E-state index contributed by atoms with van der Waals surface area (Å²) in [4.78, 5) is 11.6. The van der Waals surface area contributed by atoms with Crippen LogP contribution in [-0.4, -0.2) is 25.7 Å². The molecule has 0 aliphatic carbocycles. The fourth-order valence-electron chi connectivity index (χ4n) is 1.26. The van der Waals surface area contributed by atoms with Crippen molar-refractivity contribution in [3.8, 4) is 0 Å². The smallest absolute Gasteiger partial charge is 0.227 e. The molecule has 1 atom stereocenters. The maximum atomic E-state index is 13.4. The molecule has 0 bridgehead atoms. The van der Waals surface area contributed by atoms with Crippen molar-refractivity contribution < 1.29 is 13.9 Å². The van der Waals surface area contributed by atoms with Gasteiger partial charge in [0.2, 0.25) is 5.91 Å². The number of hydrogen-bond donors (Lipinski definition) is 2. The molecule has 0 aromatic heterocycles. The Morgan fingerprint density at radius 1 is 1.61 bits per heavy atom. The molecule has 1 unspecified atom stereocenters. The number of ether oxygens (including phenoxy) is 1. The number of nitrogens with one attached hydrogen (secondary N) is 1. The zero-order valence-electron chi connectivity index (χ0n) is 9.78. The monoisotopic (exact) mass is 340 g/mol. The van der Waals surface area contributed by atoms with Crippen molar-refractivity contribution in [3.63, 3.8) is 0 Å². The van der Waals surface area contributed by atoms with Gasteiger partial charge in [-0.3, -0.25) is 4.79 Å². The molecule has 0 spiro atoms. The van der Waals surface area contributed by atoms with Crippen LogP contribution in [0.2, 0.25) is 0 Å². The Morgan fingerprint density at radius 2 is 2.28 bits per heavy atom. The molecule has 0 aliphatic rings. The maximum absolute atomic E-state index is 13.4. The van der Waals surface area contributed by atoms with Crippen LogP contribution in [0.25, 0.3) is 0 Å². The zero-order valence-corrected chi connectivity index (χ0v) is 12.2. The van der Waals surface area contributed by atoms with Gasteiger partial charge in [-0.1, -0.05) is 15.9 Å². The number of hydrogen-bond acceptors (Lipinski definition) is 3. The number of carbonyl (C=O) groups excluding carboxylic acids is 1. The van der Waals surface area contributed by atoms with E-state index in [1.807, 2.05) is 0 Å². The largest absolute Gasteiger partial charge is 0.380 e. The summed E-state index contributed by atoms with van der Waals surface area (Å²) in [6.07, 6.45) is -0.254. The highest BCUT2D eigenvalue weighted by atomic mass is 79.9. The Hall–Kier alpha value is -0.690. The third-order valence-electron chi connectivity index (χ3n) is 2.21. The van der Waals surface area contributed by atoms with Crippen molar-refractivity contribution in [2.75, 3.05) is 19.0 Å². The summed E-state index contributed by atoms with van der Waals surface area (Å²) >= 11 is 3.14. The first-order chi connectivity index (χ1) is 8.06. The number of carbonyl (C=O) groups is 1. The van der Waals surface area contributed by atoms with Gasteiger partial charge in [-0.2, -0.15) is 0 Å². The van der Waals surface area contributed by atoms with Crippen molar-refractivity contribution in [3.05, 3.63) is 28.5 Å². The first kappa shape index (κ1) is 17.3. The van der Waals surface area contributed by atoms with Crippen LogP contribution in [0.15, 0.2) is 22.7 Å². The van der Waals surface area contributed by atoms with Crippen LogP contribution in [0.5, 0.6) is 0 Å². The summed E-state index contributed by atoms with van der Waals surface area (Å²) < 4.78 is 19.0. The highest BCUT2D eigenvalue weighted by molar-refractivity contribution is 9.10. The van der Waals surface area contributed by atoms with E-state index in [-0.39, 0.29) is 43.1 Å². The quantitative estimate of drug-likeness (QED) is 0.864. The average Bonchev–Trinajstić information content (AvgIpc) is 2.29. The molecule has 4 nitrogen and oxygen atoms in total. The molecule has 3 N–H and O–H groups in total. The van der Waals surface area contributed by atoms with Gasteiger partial charge in [-0.15, -0.1) is 12.4 Å². The minimum absolute atomic E-state index is 0. The van der Waals surface area contributed by atoms with Crippen molar-refractivity contribution in [1.82, 2.24) is 0 Å². The van der Waals surface area contributed by atoms with Gasteiger partial charge >= 0.3 is 0 Å². The third-order valence-corrected chi connectivity index (χ3v) is 2.71. The van der Waals surface area contributed by atoms with Gasteiger partial charge in [0.1, 0.15) is 5.82 Å². The molecular weight excluding hydrogens is 326 g/mol. The van der Waals surface area contributed by atoms with E-state index in [1.165, 1.54) is 19.2 Å². The molecule has 102 valence electrons. The number of amides is 1. The summed E-state index contributed by atoms with van der Waals surface area (Å²) in [7, 11) is 1.48. The SMILES string of the molecule is COC(CN)CC(=O)Nc1ccc(Br)cc1F.Cl. The van der Waals surface area contributed by atoms with E-state index in [1.54, 1.807) is 6.07 Å². The van der Waals surface area contributed by atoms with Crippen LogP contribution in [0.1, 0.15) is 6.42 Å². The molecule has 0 saturated heterocycles. The number of nitrogens with two attached hydrogens (primary N) is 1. The first-order valence-electron chi connectivity index (χ1n) is 5.04. The Labute approximate surface area is 120 Å². The Bertz CT molecular complexity index is 403. The molecule has 1 amide bonds. The summed E-state index contributed by atoms with van der Waals surface area (Å²) in [6, 6.07) is 4.42. The summed E-state index contributed by atoms with van der Waals surface area (Å²) in [5.41, 5.74) is 5.53. The van der Waals surface area contributed by atoms with Crippen LogP contribution in [0.4, 0.5) is 10.1 Å². The second kappa shape index (κ2) is 8.42. The molecule has 1 aromatic carbocycles. The van der Waals surface area contributed by atoms with E-state index in [2.05, 4.69) is 21.2 Å². The normalized spacial score (nSPS) is 11.6. The van der Waals surface area contributed by atoms with Crippen molar-refractivity contribution in [2.45, 2.75) is 12.5 Å². The number of halogens is 3. The minimum Gasteiger partial charge on any atom is -0.380 e. The standard InChI is InChI=1S/C11H14BrFN2O2.ClH/c1-17-8(6-14)5-11(16)15-10-3-2-7(12)4-9(10)13;/h2-4,8H,5-6,14H2,1H3,(H,15,16);1H. The van der Waals surface area contributed by atoms with Crippen molar-refractivity contribution in [1.29, 1.82) is 0 Å². The Kier molecular flexibility index (Phi) is 8.10. The predicted molar refractivity (Wildman–Crippen MR) is 74.4 cm³/mol. The van der Waals surface area contributed by atoms with Gasteiger partial charge in [0.25, 0.3) is 0 Å². The lowest BCUT2D eigenvalue weighted by atomic mass is 10.2. The highest BCUT2D eigenvalue weighted by Gasteiger charge is 2.13. The fourth-order valence-corrected chi connectivity index (χ4v) is 1.59. The van der Waals surface area contributed by atoms with Gasteiger partial charge in [0.15, 0.2) is 0 Å². The zero-order chi connectivity index (χ0) is 12.8. The van der Waals surface area contributed by atoms with E-state index in [0.29, 0.717) is 4.47 Å². The lowest BCUT2D eigenvalue weighted by Gasteiger charge is -2.12. The van der Waals surface area contributed by atoms with Gasteiger partial charge in [0, 0.05) is 18.1 Å². The van der Waals surface area contributed by atoms with Gasteiger partial charge < -0.3 is 15.8 Å². The second-order valence-electron chi connectivity index (χ2n) is 3.47. The van der Waals surface area contributed by atoms with Crippen LogP contribution in [0, 0.1) is 5.82 Å². The Morgan fingerprint density at radius 3 is 2.78 bits per heavy atom. The Balaban J connectivity index is 0.00000289. The van der Waals surface area contributed by atoms with Crippen molar-refractivity contribution >= 4 is 39.9 Å². The van der Waals surface area contributed by atoms with Gasteiger partial charge in [-0.05, 0) is 18.2 Å². The van der Waals surface area contributed by atoms with Crippen LogP contribution in [-0.2, 0) is 9.53 Å². The minimum atomic E-state index is -0.491. The van der Waals surface area contributed by atoms with E-state index < -0.39 is 5.82 Å². The lowest BCUT2D eigenvalue weighted by Crippen LogP contribution is -2.28. The molecule has 18 heavy (non-hydrogen) atoms. The molecule has 0 fully saturated rings. The average molecular weight is 342 g/mol. The number of benzene rings is 1. The molecule has 0 aliphatic heterocycles. The summed E-state index contributed by atoms with van der Waals surface area (Å²) in [5, 5.41) is 2.47. The van der Waals surface area contributed by atoms with Gasteiger partial charge in [0.05, 0.1) is 18.2 Å². The van der Waals surface area contributed by atoms with Crippen LogP contribution in [0.3, 0.4) is 0 Å². The molecule has 0 radical (unpaired) electrons. The van der Waals surface area contributed by atoms with Gasteiger partial charge in [-0.25, -0.2) is 4.39 Å². The van der Waals surface area contributed by atoms with Crippen LogP contribution < -0.4 is 11.1 Å². The van der Waals surface area contributed by atoms with Crippen LogP contribution >= 0.6 is 28.3 Å². The van der Waals surface area contributed by atoms with E-state index in [9.17, 15) is 9.18 Å². The molecule has 0 saturated carbocycles. The van der Waals surface area contributed by atoms with E-state index in [4.69, 9.17) is 10.5 Å². The molecule has 0 heterocycles. The lowest BCUT2D eigenvalue weighted by molar-refractivity contribution is -0.118. The maximum Gasteiger partial charge on any atom is 0.227 e. The predicted octanol–water partition coefficient (Wildman–Crippen LogP) is 2.31. The van der Waals surface area contributed by atoms with Crippen molar-refractivity contribution in [2.24, 2.45) is 5.73 Å². The number of anilines is 1. The molecule has 1 rings (SSSR count). The molecule has 1 aromatic rings. The first-order valence-corrected chi connectivity index (χ1v) is 5.84. The number of methoxy groups -OCH3 is 1. The molecule has 7 heteroatoms.